The average Bonchev–Trinajstić information content (AvgIpc) is 2.59. The molecule has 0 bridgehead atoms. The SMILES string of the molecule is CCCCCCCCCCCCCCC(CC)(CC)CCCC. The lowest BCUT2D eigenvalue weighted by Gasteiger charge is -2.32. The molecule has 0 aromatic heterocycles. The standard InChI is InChI=1S/C23H48/c1-5-9-11-12-13-14-15-16-17-18-19-20-22-23(7-3,8-4)21-10-6-2/h5-22H2,1-4H3. The van der Waals surface area contributed by atoms with Crippen molar-refractivity contribution in [2.24, 2.45) is 5.41 Å². The molecule has 0 rings (SSSR count). The molecular weight excluding hydrogens is 276 g/mol. The van der Waals surface area contributed by atoms with Gasteiger partial charge < -0.3 is 0 Å². The van der Waals surface area contributed by atoms with Crippen LogP contribution in [0.3, 0.4) is 0 Å². The Morgan fingerprint density at radius 2 is 0.739 bits per heavy atom. The van der Waals surface area contributed by atoms with E-state index in [1.165, 1.54) is 116 Å². The van der Waals surface area contributed by atoms with Crippen LogP contribution in [0.25, 0.3) is 0 Å². The van der Waals surface area contributed by atoms with Gasteiger partial charge in [-0.2, -0.15) is 0 Å². The summed E-state index contributed by atoms with van der Waals surface area (Å²) in [6.07, 6.45) is 26.1. The van der Waals surface area contributed by atoms with E-state index in [2.05, 4.69) is 27.7 Å². The van der Waals surface area contributed by atoms with Gasteiger partial charge in [0.1, 0.15) is 0 Å². The molecule has 0 amide bonds. The third-order valence-electron chi connectivity index (χ3n) is 6.12. The number of hydrogen-bond acceptors (Lipinski definition) is 0. The van der Waals surface area contributed by atoms with E-state index in [-0.39, 0.29) is 0 Å². The monoisotopic (exact) mass is 324 g/mol. The highest BCUT2D eigenvalue weighted by Crippen LogP contribution is 2.38. The van der Waals surface area contributed by atoms with Gasteiger partial charge in [-0.25, -0.2) is 0 Å². The Balaban J connectivity index is 3.46. The normalized spacial score (nSPS) is 12.0. The highest BCUT2D eigenvalue weighted by Gasteiger charge is 2.24. The van der Waals surface area contributed by atoms with Gasteiger partial charge in [-0.15, -0.1) is 0 Å². The molecule has 0 aliphatic rings. The van der Waals surface area contributed by atoms with Crippen molar-refractivity contribution in [1.82, 2.24) is 0 Å². The van der Waals surface area contributed by atoms with Crippen LogP contribution < -0.4 is 0 Å². The molecule has 0 heterocycles. The van der Waals surface area contributed by atoms with Gasteiger partial charge in [-0.1, -0.05) is 130 Å². The minimum atomic E-state index is 0.675. The van der Waals surface area contributed by atoms with Crippen LogP contribution in [0, 0.1) is 5.41 Å². The molecule has 0 atom stereocenters. The predicted molar refractivity (Wildman–Crippen MR) is 108 cm³/mol. The fourth-order valence-electron chi connectivity index (χ4n) is 3.97. The van der Waals surface area contributed by atoms with Gasteiger partial charge in [-0.05, 0) is 18.3 Å². The van der Waals surface area contributed by atoms with Crippen molar-refractivity contribution < 1.29 is 0 Å². The molecule has 0 aliphatic carbocycles. The van der Waals surface area contributed by atoms with Crippen LogP contribution in [0.1, 0.15) is 143 Å². The number of rotatable bonds is 18. The first-order valence-electron chi connectivity index (χ1n) is 11.2. The topological polar surface area (TPSA) is 0 Å². The fraction of sp³-hybridized carbons (Fsp3) is 1.00. The van der Waals surface area contributed by atoms with E-state index < -0.39 is 0 Å². The Bertz CT molecular complexity index is 214. The summed E-state index contributed by atoms with van der Waals surface area (Å²) in [5.74, 6) is 0. The fourth-order valence-corrected chi connectivity index (χ4v) is 3.97. The van der Waals surface area contributed by atoms with Gasteiger partial charge in [0.05, 0.1) is 0 Å². The second-order valence-electron chi connectivity index (χ2n) is 7.95. The highest BCUT2D eigenvalue weighted by molar-refractivity contribution is 4.76. The largest absolute Gasteiger partial charge is 0.0654 e. The van der Waals surface area contributed by atoms with Gasteiger partial charge in [0, 0.05) is 0 Å². The Morgan fingerprint density at radius 1 is 0.391 bits per heavy atom. The van der Waals surface area contributed by atoms with Gasteiger partial charge in [-0.3, -0.25) is 0 Å². The maximum Gasteiger partial charge on any atom is -0.0303 e. The summed E-state index contributed by atoms with van der Waals surface area (Å²) in [7, 11) is 0. The molecule has 23 heavy (non-hydrogen) atoms. The lowest BCUT2D eigenvalue weighted by atomic mass is 9.74. The second-order valence-corrected chi connectivity index (χ2v) is 7.95. The summed E-state index contributed by atoms with van der Waals surface area (Å²) in [5, 5.41) is 0. The number of hydrogen-bond donors (Lipinski definition) is 0. The molecule has 0 saturated carbocycles. The van der Waals surface area contributed by atoms with Crippen molar-refractivity contribution in [3.8, 4) is 0 Å². The van der Waals surface area contributed by atoms with Crippen molar-refractivity contribution in [3.63, 3.8) is 0 Å². The molecule has 0 N–H and O–H groups in total. The quantitative estimate of drug-likeness (QED) is 0.220. The van der Waals surface area contributed by atoms with Crippen molar-refractivity contribution in [1.29, 1.82) is 0 Å². The van der Waals surface area contributed by atoms with E-state index in [0.717, 1.165) is 0 Å². The lowest BCUT2D eigenvalue weighted by Crippen LogP contribution is -2.18. The summed E-state index contributed by atoms with van der Waals surface area (Å²) in [6, 6.07) is 0. The Hall–Kier alpha value is 0. The van der Waals surface area contributed by atoms with E-state index in [1.54, 1.807) is 0 Å². The molecule has 0 spiro atoms. The first-order valence-corrected chi connectivity index (χ1v) is 11.2. The molecule has 0 unspecified atom stereocenters. The van der Waals surface area contributed by atoms with Gasteiger partial charge in [0.2, 0.25) is 0 Å². The zero-order valence-corrected chi connectivity index (χ0v) is 17.2. The molecule has 0 saturated heterocycles. The van der Waals surface area contributed by atoms with Crippen LogP contribution in [0.4, 0.5) is 0 Å². The van der Waals surface area contributed by atoms with Crippen LogP contribution in [0.2, 0.25) is 0 Å². The second kappa shape index (κ2) is 16.8. The summed E-state index contributed by atoms with van der Waals surface area (Å²) >= 11 is 0. The van der Waals surface area contributed by atoms with E-state index in [9.17, 15) is 0 Å². The van der Waals surface area contributed by atoms with E-state index in [4.69, 9.17) is 0 Å². The van der Waals surface area contributed by atoms with Crippen molar-refractivity contribution in [2.45, 2.75) is 143 Å². The summed E-state index contributed by atoms with van der Waals surface area (Å²) in [4.78, 5) is 0. The molecule has 0 aromatic carbocycles. The Labute approximate surface area is 149 Å². The van der Waals surface area contributed by atoms with Gasteiger partial charge >= 0.3 is 0 Å². The molecular formula is C23H48. The van der Waals surface area contributed by atoms with Crippen LogP contribution >= 0.6 is 0 Å². The average molecular weight is 325 g/mol. The summed E-state index contributed by atoms with van der Waals surface area (Å²) < 4.78 is 0. The lowest BCUT2D eigenvalue weighted by molar-refractivity contribution is 0.204. The van der Waals surface area contributed by atoms with Gasteiger partial charge in [0.15, 0.2) is 0 Å². The minimum Gasteiger partial charge on any atom is -0.0654 e. The molecule has 0 aliphatic heterocycles. The maximum atomic E-state index is 2.42. The number of unbranched alkanes of at least 4 members (excludes halogenated alkanes) is 12. The highest BCUT2D eigenvalue weighted by atomic mass is 14.3. The third-order valence-corrected chi connectivity index (χ3v) is 6.12. The molecule has 0 radical (unpaired) electrons. The molecule has 140 valence electrons. The molecule has 0 heteroatoms. The maximum absolute atomic E-state index is 2.42. The van der Waals surface area contributed by atoms with Crippen molar-refractivity contribution >= 4 is 0 Å². The van der Waals surface area contributed by atoms with Gasteiger partial charge in [0.25, 0.3) is 0 Å². The zero-order chi connectivity index (χ0) is 17.2. The van der Waals surface area contributed by atoms with Crippen molar-refractivity contribution in [3.05, 3.63) is 0 Å². The van der Waals surface area contributed by atoms with Crippen LogP contribution in [-0.4, -0.2) is 0 Å². The van der Waals surface area contributed by atoms with Crippen molar-refractivity contribution in [2.75, 3.05) is 0 Å². The smallest absolute Gasteiger partial charge is 0.0303 e. The van der Waals surface area contributed by atoms with Crippen LogP contribution in [0.5, 0.6) is 0 Å². The molecule has 0 fully saturated rings. The molecule has 0 nitrogen and oxygen atoms in total. The van der Waals surface area contributed by atoms with E-state index in [0.29, 0.717) is 5.41 Å². The van der Waals surface area contributed by atoms with E-state index >= 15 is 0 Å². The molecule has 0 aromatic rings. The Kier molecular flexibility index (Phi) is 16.8. The minimum absolute atomic E-state index is 0.675. The first-order chi connectivity index (χ1) is 11.2. The zero-order valence-electron chi connectivity index (χ0n) is 17.2. The van der Waals surface area contributed by atoms with E-state index in [1.807, 2.05) is 0 Å². The van der Waals surface area contributed by atoms with Crippen LogP contribution in [0.15, 0.2) is 0 Å². The summed E-state index contributed by atoms with van der Waals surface area (Å²) in [6.45, 7) is 9.47. The van der Waals surface area contributed by atoms with Crippen LogP contribution in [-0.2, 0) is 0 Å². The summed E-state index contributed by atoms with van der Waals surface area (Å²) in [5.41, 5.74) is 0.675. The Morgan fingerprint density at radius 3 is 1.13 bits per heavy atom. The first kappa shape index (κ1) is 23.0. The third kappa shape index (κ3) is 13.0. The predicted octanol–water partition coefficient (Wildman–Crippen LogP) is 9.07.